The van der Waals surface area contributed by atoms with Gasteiger partial charge < -0.3 is 4.52 Å². The smallest absolute Gasteiger partial charge is 0.288 e. The minimum absolute atomic E-state index is 0.214. The fourth-order valence-electron chi connectivity index (χ4n) is 2.21. The molecular weight excluding hydrogens is 334 g/mol. The molecule has 2 amide bonds. The third-order valence-electron chi connectivity index (χ3n) is 3.51. The molecule has 2 heterocycles. The predicted octanol–water partition coefficient (Wildman–Crippen LogP) is 1.92. The maximum Gasteiger partial charge on any atom is 0.288 e. The molecule has 1 aromatic carbocycles. The van der Waals surface area contributed by atoms with Crippen LogP contribution in [0.1, 0.15) is 29.2 Å². The molecule has 3 aromatic rings. The van der Waals surface area contributed by atoms with Crippen LogP contribution in [0.3, 0.4) is 0 Å². The van der Waals surface area contributed by atoms with E-state index in [9.17, 15) is 9.59 Å². The van der Waals surface area contributed by atoms with E-state index in [2.05, 4.69) is 26.0 Å². The van der Waals surface area contributed by atoms with E-state index in [0.29, 0.717) is 24.6 Å². The van der Waals surface area contributed by atoms with E-state index in [1.807, 2.05) is 30.3 Å². The molecule has 0 unspecified atom stereocenters. The lowest BCUT2D eigenvalue weighted by Gasteiger charge is -2.06. The van der Waals surface area contributed by atoms with Gasteiger partial charge in [-0.3, -0.25) is 25.4 Å². The molecule has 132 valence electrons. The summed E-state index contributed by atoms with van der Waals surface area (Å²) in [7, 11) is 0. The van der Waals surface area contributed by atoms with Gasteiger partial charge in [-0.2, -0.15) is 4.98 Å². The summed E-state index contributed by atoms with van der Waals surface area (Å²) in [4.78, 5) is 31.7. The van der Waals surface area contributed by atoms with Crippen molar-refractivity contribution in [1.82, 2.24) is 26.0 Å². The molecule has 0 aliphatic carbocycles. The SMILES string of the molecule is O=C(CCCc1nc(-c2ccccc2)no1)NNC(=O)c1ccccn1. The van der Waals surface area contributed by atoms with Crippen LogP contribution < -0.4 is 10.9 Å². The van der Waals surface area contributed by atoms with Crippen LogP contribution in [-0.2, 0) is 11.2 Å². The summed E-state index contributed by atoms with van der Waals surface area (Å²) in [5.74, 6) is 0.210. The number of hydrazine groups is 1. The fraction of sp³-hybridized carbons (Fsp3) is 0.167. The van der Waals surface area contributed by atoms with Crippen LogP contribution in [0.15, 0.2) is 59.3 Å². The van der Waals surface area contributed by atoms with E-state index in [0.717, 1.165) is 5.56 Å². The molecule has 2 aromatic heterocycles. The predicted molar refractivity (Wildman–Crippen MR) is 92.5 cm³/mol. The average molecular weight is 351 g/mol. The highest BCUT2D eigenvalue weighted by Crippen LogP contribution is 2.15. The number of aromatic nitrogens is 3. The molecule has 2 N–H and O–H groups in total. The number of nitrogens with one attached hydrogen (secondary N) is 2. The Balaban J connectivity index is 1.40. The van der Waals surface area contributed by atoms with Gasteiger partial charge in [-0.1, -0.05) is 41.6 Å². The van der Waals surface area contributed by atoms with E-state index < -0.39 is 5.91 Å². The maximum absolute atomic E-state index is 11.8. The molecule has 8 nitrogen and oxygen atoms in total. The van der Waals surface area contributed by atoms with Crippen LogP contribution in [0.4, 0.5) is 0 Å². The van der Waals surface area contributed by atoms with Crippen LogP contribution in [-0.4, -0.2) is 26.9 Å². The highest BCUT2D eigenvalue weighted by Gasteiger charge is 2.10. The van der Waals surface area contributed by atoms with Crippen molar-refractivity contribution in [2.45, 2.75) is 19.3 Å². The summed E-state index contributed by atoms with van der Waals surface area (Å²) in [6.45, 7) is 0. The third kappa shape index (κ3) is 4.73. The molecular formula is C18H17N5O3. The van der Waals surface area contributed by atoms with Crippen molar-refractivity contribution >= 4 is 11.8 Å². The first-order valence-corrected chi connectivity index (χ1v) is 8.10. The highest BCUT2D eigenvalue weighted by molar-refractivity contribution is 5.93. The van der Waals surface area contributed by atoms with E-state index in [-0.39, 0.29) is 18.0 Å². The molecule has 0 spiro atoms. The van der Waals surface area contributed by atoms with Crippen LogP contribution >= 0.6 is 0 Å². The Morgan fingerprint density at radius 2 is 1.81 bits per heavy atom. The highest BCUT2D eigenvalue weighted by atomic mass is 16.5. The van der Waals surface area contributed by atoms with Crippen molar-refractivity contribution in [2.75, 3.05) is 0 Å². The summed E-state index contributed by atoms with van der Waals surface area (Å²) in [6.07, 6.45) is 2.71. The van der Waals surface area contributed by atoms with Crippen molar-refractivity contribution in [3.63, 3.8) is 0 Å². The number of nitrogens with zero attached hydrogens (tertiary/aromatic N) is 3. The molecule has 0 saturated heterocycles. The van der Waals surface area contributed by atoms with Gasteiger partial charge in [-0.05, 0) is 18.6 Å². The van der Waals surface area contributed by atoms with Crippen molar-refractivity contribution in [3.05, 3.63) is 66.3 Å². The van der Waals surface area contributed by atoms with Gasteiger partial charge in [-0.25, -0.2) is 0 Å². The molecule has 0 bridgehead atoms. The van der Waals surface area contributed by atoms with Gasteiger partial charge in [0.1, 0.15) is 5.69 Å². The molecule has 0 aliphatic rings. The summed E-state index contributed by atoms with van der Waals surface area (Å²) in [5, 5.41) is 3.93. The number of amides is 2. The number of pyridine rings is 1. The first-order chi connectivity index (χ1) is 12.7. The van der Waals surface area contributed by atoms with E-state index in [1.165, 1.54) is 6.20 Å². The van der Waals surface area contributed by atoms with Crippen LogP contribution in [0.25, 0.3) is 11.4 Å². The Morgan fingerprint density at radius 1 is 1.00 bits per heavy atom. The van der Waals surface area contributed by atoms with Crippen molar-refractivity contribution in [1.29, 1.82) is 0 Å². The standard InChI is InChI=1S/C18H17N5O3/c24-15(21-22-18(25)14-9-4-5-12-19-14)10-6-11-16-20-17(23-26-16)13-7-2-1-3-8-13/h1-5,7-9,12H,6,10-11H2,(H,21,24)(H,22,25). The van der Waals surface area contributed by atoms with E-state index in [1.54, 1.807) is 18.2 Å². The maximum atomic E-state index is 11.8. The number of aryl methyl sites for hydroxylation is 1. The second-order valence-corrected chi connectivity index (χ2v) is 5.45. The zero-order chi connectivity index (χ0) is 18.2. The number of benzene rings is 1. The average Bonchev–Trinajstić information content (AvgIpc) is 3.16. The number of carbonyl (C=O) groups is 2. The van der Waals surface area contributed by atoms with Gasteiger partial charge in [0.05, 0.1) is 0 Å². The van der Waals surface area contributed by atoms with E-state index >= 15 is 0 Å². The first kappa shape index (κ1) is 17.3. The van der Waals surface area contributed by atoms with Crippen LogP contribution in [0.2, 0.25) is 0 Å². The van der Waals surface area contributed by atoms with Crippen molar-refractivity contribution in [3.8, 4) is 11.4 Å². The Bertz CT molecular complexity index is 865. The Kier molecular flexibility index (Phi) is 5.66. The molecule has 26 heavy (non-hydrogen) atoms. The number of rotatable bonds is 6. The molecule has 3 rings (SSSR count). The minimum atomic E-state index is -0.469. The van der Waals surface area contributed by atoms with Gasteiger partial charge in [0.25, 0.3) is 5.91 Å². The van der Waals surface area contributed by atoms with Gasteiger partial charge in [0, 0.05) is 24.6 Å². The Hall–Kier alpha value is -3.55. The largest absolute Gasteiger partial charge is 0.339 e. The van der Waals surface area contributed by atoms with Crippen molar-refractivity contribution < 1.29 is 14.1 Å². The zero-order valence-corrected chi connectivity index (χ0v) is 13.9. The fourth-order valence-corrected chi connectivity index (χ4v) is 2.21. The Labute approximate surface area is 149 Å². The van der Waals surface area contributed by atoms with Gasteiger partial charge in [0.15, 0.2) is 0 Å². The molecule has 0 atom stereocenters. The quantitative estimate of drug-likeness (QED) is 0.657. The normalized spacial score (nSPS) is 10.3. The third-order valence-corrected chi connectivity index (χ3v) is 3.51. The lowest BCUT2D eigenvalue weighted by molar-refractivity contribution is -0.121. The summed E-state index contributed by atoms with van der Waals surface area (Å²) in [5.41, 5.74) is 5.78. The van der Waals surface area contributed by atoms with Gasteiger partial charge in [-0.15, -0.1) is 0 Å². The molecule has 0 saturated carbocycles. The molecule has 0 radical (unpaired) electrons. The Morgan fingerprint density at radius 3 is 2.58 bits per heavy atom. The van der Waals surface area contributed by atoms with E-state index in [4.69, 9.17) is 4.52 Å². The summed E-state index contributed by atoms with van der Waals surface area (Å²) >= 11 is 0. The lowest BCUT2D eigenvalue weighted by atomic mass is 10.2. The molecule has 0 aliphatic heterocycles. The van der Waals surface area contributed by atoms with Crippen molar-refractivity contribution in [2.24, 2.45) is 0 Å². The van der Waals surface area contributed by atoms with Crippen LogP contribution in [0.5, 0.6) is 0 Å². The van der Waals surface area contributed by atoms with Gasteiger partial charge in [0.2, 0.25) is 17.6 Å². The second kappa shape index (κ2) is 8.52. The summed E-state index contributed by atoms with van der Waals surface area (Å²) < 4.78 is 5.19. The second-order valence-electron chi connectivity index (χ2n) is 5.45. The number of hydrogen-bond donors (Lipinski definition) is 2. The minimum Gasteiger partial charge on any atom is -0.339 e. The first-order valence-electron chi connectivity index (χ1n) is 8.10. The zero-order valence-electron chi connectivity index (χ0n) is 13.9. The molecule has 0 fully saturated rings. The monoisotopic (exact) mass is 351 g/mol. The molecule has 8 heteroatoms. The topological polar surface area (TPSA) is 110 Å². The van der Waals surface area contributed by atoms with Crippen LogP contribution in [0, 0.1) is 0 Å². The van der Waals surface area contributed by atoms with Gasteiger partial charge >= 0.3 is 0 Å². The number of hydrogen-bond acceptors (Lipinski definition) is 6. The number of carbonyl (C=O) groups excluding carboxylic acids is 2. The summed E-state index contributed by atoms with van der Waals surface area (Å²) in [6, 6.07) is 14.5. The lowest BCUT2D eigenvalue weighted by Crippen LogP contribution is -2.41.